The van der Waals surface area contributed by atoms with Crippen molar-refractivity contribution in [2.45, 2.75) is 39.5 Å². The molecule has 1 N–H and O–H groups in total. The zero-order valence-corrected chi connectivity index (χ0v) is 21.9. The number of nitrogens with one attached hydrogen (secondary N) is 1. The fraction of sp³-hybridized carbons (Fsp3) is 0.259. The summed E-state index contributed by atoms with van der Waals surface area (Å²) in [6.07, 6.45) is 5.79. The molecule has 2 aromatic heterocycles. The molecule has 0 bridgehead atoms. The van der Waals surface area contributed by atoms with Crippen LogP contribution in [-0.4, -0.2) is 33.1 Å². The van der Waals surface area contributed by atoms with E-state index in [4.69, 9.17) is 0 Å². The van der Waals surface area contributed by atoms with E-state index in [9.17, 15) is 24.0 Å². The summed E-state index contributed by atoms with van der Waals surface area (Å²) in [5, 5.41) is 12.8. The van der Waals surface area contributed by atoms with Crippen molar-refractivity contribution in [2.75, 3.05) is 11.9 Å². The molecule has 0 radical (unpaired) electrons. The third kappa shape index (κ3) is 4.72. The van der Waals surface area contributed by atoms with Gasteiger partial charge in [0, 0.05) is 22.0 Å². The molecule has 0 unspecified atom stereocenters. The van der Waals surface area contributed by atoms with E-state index >= 15 is 0 Å². The molecule has 0 atom stereocenters. The number of hydrogen-bond acceptors (Lipinski definition) is 6. The number of halogens is 1. The average molecular weight is 535 g/mol. The van der Waals surface area contributed by atoms with Crippen LogP contribution in [0.3, 0.4) is 0 Å². The van der Waals surface area contributed by atoms with Crippen LogP contribution >= 0.6 is 23.1 Å². The van der Waals surface area contributed by atoms with Crippen molar-refractivity contribution < 1.29 is 18.8 Å². The standard InChI is InChI=1S/C27H23FN4O3S2/c1-15-11-17(16(2)32(15)26-21(13-29)20-5-3-4-6-22(20)36-26)12-23-25(34)31(27(35)37-23)14-24(33)30-19-9-7-18(28)8-10-19/h7-12H,3-6,14H2,1-2H3,(H,30,33)/b23-12-. The Morgan fingerprint density at radius 3 is 2.65 bits per heavy atom. The van der Waals surface area contributed by atoms with Crippen LogP contribution in [0.1, 0.15) is 45.8 Å². The lowest BCUT2D eigenvalue weighted by atomic mass is 9.96. The van der Waals surface area contributed by atoms with Gasteiger partial charge in [0.15, 0.2) is 0 Å². The largest absolute Gasteiger partial charge is 0.325 e. The number of carbonyl (C=O) groups excluding carboxylic acids is 3. The van der Waals surface area contributed by atoms with Gasteiger partial charge in [0.05, 0.1) is 10.5 Å². The number of aryl methyl sites for hydroxylation is 2. The van der Waals surface area contributed by atoms with Crippen molar-refractivity contribution in [1.29, 1.82) is 5.26 Å². The molecule has 0 saturated carbocycles. The molecule has 3 amide bonds. The summed E-state index contributed by atoms with van der Waals surface area (Å²) in [6, 6.07) is 9.56. The highest BCUT2D eigenvalue weighted by atomic mass is 32.2. The maximum Gasteiger partial charge on any atom is 0.294 e. The van der Waals surface area contributed by atoms with Crippen molar-refractivity contribution in [3.63, 3.8) is 0 Å². The molecule has 7 nitrogen and oxygen atoms in total. The molecule has 1 aliphatic heterocycles. The van der Waals surface area contributed by atoms with Gasteiger partial charge in [-0.3, -0.25) is 19.3 Å². The van der Waals surface area contributed by atoms with Gasteiger partial charge in [0.1, 0.15) is 23.4 Å². The van der Waals surface area contributed by atoms with Crippen molar-refractivity contribution in [2.24, 2.45) is 0 Å². The van der Waals surface area contributed by atoms with Gasteiger partial charge in [-0.2, -0.15) is 5.26 Å². The Morgan fingerprint density at radius 2 is 1.92 bits per heavy atom. The molecule has 0 spiro atoms. The minimum Gasteiger partial charge on any atom is -0.325 e. The topological polar surface area (TPSA) is 95.2 Å². The number of aromatic nitrogens is 1. The average Bonchev–Trinajstić information content (AvgIpc) is 3.46. The molecule has 188 valence electrons. The summed E-state index contributed by atoms with van der Waals surface area (Å²) in [5.41, 5.74) is 4.82. The predicted molar refractivity (Wildman–Crippen MR) is 142 cm³/mol. The lowest BCUT2D eigenvalue weighted by Crippen LogP contribution is -2.36. The molecule has 1 aliphatic carbocycles. The van der Waals surface area contributed by atoms with E-state index in [1.54, 1.807) is 17.4 Å². The zero-order chi connectivity index (χ0) is 26.3. The molecular formula is C27H23FN4O3S2. The maximum absolute atomic E-state index is 13.1. The number of thiophene rings is 1. The monoisotopic (exact) mass is 534 g/mol. The van der Waals surface area contributed by atoms with E-state index in [-0.39, 0.29) is 4.91 Å². The van der Waals surface area contributed by atoms with Crippen molar-refractivity contribution in [3.05, 3.63) is 74.0 Å². The van der Waals surface area contributed by atoms with Gasteiger partial charge < -0.3 is 9.88 Å². The molecule has 37 heavy (non-hydrogen) atoms. The van der Waals surface area contributed by atoms with E-state index in [1.165, 1.54) is 29.1 Å². The van der Waals surface area contributed by atoms with Crippen molar-refractivity contribution >= 4 is 51.9 Å². The van der Waals surface area contributed by atoms with E-state index in [1.807, 2.05) is 24.5 Å². The van der Waals surface area contributed by atoms with Crippen LogP contribution in [0.4, 0.5) is 14.9 Å². The first-order valence-electron chi connectivity index (χ1n) is 11.8. The lowest BCUT2D eigenvalue weighted by Gasteiger charge is -2.12. The van der Waals surface area contributed by atoms with Gasteiger partial charge in [0.25, 0.3) is 11.1 Å². The molecule has 1 fully saturated rings. The van der Waals surface area contributed by atoms with Crippen LogP contribution in [0.15, 0.2) is 35.2 Å². The lowest BCUT2D eigenvalue weighted by molar-refractivity contribution is -0.127. The second-order valence-corrected chi connectivity index (χ2v) is 11.1. The number of imide groups is 1. The van der Waals surface area contributed by atoms with Gasteiger partial charge in [-0.1, -0.05) is 0 Å². The van der Waals surface area contributed by atoms with Gasteiger partial charge >= 0.3 is 0 Å². The molecule has 10 heteroatoms. The number of benzene rings is 1. The van der Waals surface area contributed by atoms with Crippen LogP contribution in [-0.2, 0) is 22.4 Å². The molecule has 1 aromatic carbocycles. The smallest absolute Gasteiger partial charge is 0.294 e. The summed E-state index contributed by atoms with van der Waals surface area (Å²) in [5.74, 6) is -1.53. The number of nitriles is 1. The number of amides is 3. The number of carbonyl (C=O) groups is 3. The SMILES string of the molecule is Cc1cc(/C=C2\SC(=O)N(CC(=O)Nc3ccc(F)cc3)C2=O)c(C)n1-c1sc2c(c1C#N)CCCC2. The van der Waals surface area contributed by atoms with Gasteiger partial charge in [-0.25, -0.2) is 4.39 Å². The van der Waals surface area contributed by atoms with Crippen molar-refractivity contribution in [1.82, 2.24) is 9.47 Å². The first kappa shape index (κ1) is 25.0. The number of rotatable bonds is 5. The van der Waals surface area contributed by atoms with Gasteiger partial charge in [0.2, 0.25) is 5.91 Å². The third-order valence-corrected chi connectivity index (χ3v) is 8.71. The Bertz CT molecular complexity index is 1510. The first-order valence-corrected chi connectivity index (χ1v) is 13.4. The molecule has 5 rings (SSSR count). The Hall–Kier alpha value is -3.68. The second kappa shape index (κ2) is 10.00. The van der Waals surface area contributed by atoms with E-state index in [2.05, 4.69) is 11.4 Å². The predicted octanol–water partition coefficient (Wildman–Crippen LogP) is 5.72. The quantitative estimate of drug-likeness (QED) is 0.423. The minimum absolute atomic E-state index is 0.228. The zero-order valence-electron chi connectivity index (χ0n) is 20.3. The fourth-order valence-corrected chi connectivity index (χ4v) is 7.00. The molecule has 2 aliphatic rings. The molecule has 1 saturated heterocycles. The van der Waals surface area contributed by atoms with Crippen LogP contribution in [0, 0.1) is 31.0 Å². The van der Waals surface area contributed by atoms with Gasteiger partial charge in [-0.15, -0.1) is 11.3 Å². The molecule has 3 heterocycles. The maximum atomic E-state index is 13.1. The normalized spacial score (nSPS) is 16.3. The highest BCUT2D eigenvalue weighted by molar-refractivity contribution is 8.18. The summed E-state index contributed by atoms with van der Waals surface area (Å²) in [4.78, 5) is 40.3. The molecule has 3 aromatic rings. The van der Waals surface area contributed by atoms with E-state index in [0.29, 0.717) is 5.69 Å². The van der Waals surface area contributed by atoms with Crippen LogP contribution in [0.25, 0.3) is 11.1 Å². The van der Waals surface area contributed by atoms with Crippen LogP contribution in [0.5, 0.6) is 0 Å². The summed E-state index contributed by atoms with van der Waals surface area (Å²) in [7, 11) is 0. The number of fused-ring (bicyclic) bond motifs is 1. The van der Waals surface area contributed by atoms with E-state index in [0.717, 1.165) is 75.4 Å². The van der Waals surface area contributed by atoms with Gasteiger partial charge in [-0.05, 0) is 98.8 Å². The number of nitrogens with zero attached hydrogens (tertiary/aromatic N) is 3. The Labute approximate surface area is 221 Å². The first-order chi connectivity index (χ1) is 17.8. The number of thioether (sulfide) groups is 1. The second-order valence-electron chi connectivity index (χ2n) is 8.99. The summed E-state index contributed by atoms with van der Waals surface area (Å²) < 4.78 is 15.1. The van der Waals surface area contributed by atoms with E-state index < -0.39 is 29.4 Å². The number of hydrogen-bond donors (Lipinski definition) is 1. The molecular weight excluding hydrogens is 511 g/mol. The van der Waals surface area contributed by atoms with Crippen LogP contribution < -0.4 is 5.32 Å². The third-order valence-electron chi connectivity index (χ3n) is 6.53. The Morgan fingerprint density at radius 1 is 1.19 bits per heavy atom. The fourth-order valence-electron chi connectivity index (χ4n) is 4.73. The minimum atomic E-state index is -0.556. The highest BCUT2D eigenvalue weighted by Crippen LogP contribution is 2.39. The Kier molecular flexibility index (Phi) is 6.75. The summed E-state index contributed by atoms with van der Waals surface area (Å²) in [6.45, 7) is 3.44. The Balaban J connectivity index is 1.38. The number of anilines is 1. The highest BCUT2D eigenvalue weighted by Gasteiger charge is 2.36. The van der Waals surface area contributed by atoms with Crippen LogP contribution in [0.2, 0.25) is 0 Å². The summed E-state index contributed by atoms with van der Waals surface area (Å²) >= 11 is 2.44. The van der Waals surface area contributed by atoms with Crippen molar-refractivity contribution in [3.8, 4) is 11.1 Å².